The van der Waals surface area contributed by atoms with Crippen molar-refractivity contribution in [3.05, 3.63) is 53.6 Å². The number of aliphatic carboxylic acids is 1. The van der Waals surface area contributed by atoms with Crippen LogP contribution in [0.3, 0.4) is 0 Å². The lowest BCUT2D eigenvalue weighted by Crippen LogP contribution is -2.21. The molecule has 6 nitrogen and oxygen atoms in total. The van der Waals surface area contributed by atoms with Crippen molar-refractivity contribution in [2.75, 3.05) is 31.2 Å². The van der Waals surface area contributed by atoms with Crippen molar-refractivity contribution >= 4 is 27.6 Å². The molecule has 0 aromatic heterocycles. The molecule has 8 heteroatoms. The van der Waals surface area contributed by atoms with E-state index < -0.39 is 15.8 Å². The van der Waals surface area contributed by atoms with Crippen molar-refractivity contribution in [3.8, 4) is 5.75 Å². The summed E-state index contributed by atoms with van der Waals surface area (Å²) in [5.41, 5.74) is 2.03. The Kier molecular flexibility index (Phi) is 9.68. The van der Waals surface area contributed by atoms with Crippen LogP contribution in [0, 0.1) is 6.92 Å². The highest BCUT2D eigenvalue weighted by Crippen LogP contribution is 2.25. The van der Waals surface area contributed by atoms with E-state index in [-0.39, 0.29) is 12.4 Å². The normalized spacial score (nSPS) is 11.4. The minimum absolute atomic E-state index is 0.135. The quantitative estimate of drug-likeness (QED) is 0.355. The summed E-state index contributed by atoms with van der Waals surface area (Å²) < 4.78 is 30.0. The number of carboxylic acid groups (broad SMARTS) is 1. The number of rotatable bonds is 13. The molecule has 0 radical (unpaired) electrons. The predicted octanol–water partition coefficient (Wildman–Crippen LogP) is 3.57. The van der Waals surface area contributed by atoms with Gasteiger partial charge in [0.15, 0.2) is 16.4 Å². The standard InChI is InChI=1S/C22H29NO5S2/c1-3-18-5-8-20(9-6-18)30(26,27)14-4-11-23-12-13-29-19-7-10-21(17(2)15-19)28-16-22(24)25/h5-10,15,23H,3-4,11-14,16H2,1-2H3,(H,24,25). The first-order valence-electron chi connectivity index (χ1n) is 9.92. The van der Waals surface area contributed by atoms with Crippen LogP contribution in [0.2, 0.25) is 0 Å². The second kappa shape index (κ2) is 12.0. The molecule has 0 unspecified atom stereocenters. The molecule has 0 aliphatic carbocycles. The third-order valence-electron chi connectivity index (χ3n) is 4.50. The van der Waals surface area contributed by atoms with Gasteiger partial charge in [-0.3, -0.25) is 0 Å². The Hall–Kier alpha value is -2.03. The van der Waals surface area contributed by atoms with E-state index in [9.17, 15) is 13.2 Å². The van der Waals surface area contributed by atoms with Gasteiger partial charge in [0, 0.05) is 17.2 Å². The maximum absolute atomic E-state index is 12.4. The lowest BCUT2D eigenvalue weighted by atomic mass is 10.2. The molecular formula is C22H29NO5S2. The summed E-state index contributed by atoms with van der Waals surface area (Å²) in [6, 6.07) is 12.8. The number of carbonyl (C=O) groups is 1. The predicted molar refractivity (Wildman–Crippen MR) is 120 cm³/mol. The van der Waals surface area contributed by atoms with Crippen molar-refractivity contribution in [2.24, 2.45) is 0 Å². The van der Waals surface area contributed by atoms with Crippen molar-refractivity contribution in [1.29, 1.82) is 0 Å². The number of ether oxygens (including phenoxy) is 1. The molecule has 0 saturated heterocycles. The smallest absolute Gasteiger partial charge is 0.341 e. The molecule has 2 rings (SSSR count). The first kappa shape index (κ1) is 24.2. The number of sulfone groups is 1. The maximum atomic E-state index is 12.4. The Balaban J connectivity index is 1.65. The fourth-order valence-electron chi connectivity index (χ4n) is 2.82. The summed E-state index contributed by atoms with van der Waals surface area (Å²) in [7, 11) is -3.23. The van der Waals surface area contributed by atoms with Gasteiger partial charge in [0.2, 0.25) is 0 Å². The van der Waals surface area contributed by atoms with E-state index in [0.717, 1.165) is 34.7 Å². The van der Waals surface area contributed by atoms with Crippen LogP contribution in [0.15, 0.2) is 52.3 Å². The van der Waals surface area contributed by atoms with Crippen molar-refractivity contribution < 1.29 is 23.1 Å². The molecule has 0 aliphatic heterocycles. The highest BCUT2D eigenvalue weighted by Gasteiger charge is 2.13. The van der Waals surface area contributed by atoms with E-state index in [4.69, 9.17) is 9.84 Å². The van der Waals surface area contributed by atoms with Crippen LogP contribution in [0.1, 0.15) is 24.5 Å². The molecule has 0 amide bonds. The lowest BCUT2D eigenvalue weighted by Gasteiger charge is -2.09. The van der Waals surface area contributed by atoms with Crippen LogP contribution in [0.5, 0.6) is 5.75 Å². The molecule has 0 saturated carbocycles. The van der Waals surface area contributed by atoms with E-state index in [1.54, 1.807) is 30.0 Å². The molecule has 0 spiro atoms. The molecule has 0 aliphatic rings. The minimum atomic E-state index is -3.23. The molecule has 0 bridgehead atoms. The summed E-state index contributed by atoms with van der Waals surface area (Å²) >= 11 is 1.68. The number of carboxylic acids is 1. The van der Waals surface area contributed by atoms with Gasteiger partial charge in [-0.25, -0.2) is 13.2 Å². The van der Waals surface area contributed by atoms with Crippen LogP contribution in [0.25, 0.3) is 0 Å². The Morgan fingerprint density at radius 2 is 1.87 bits per heavy atom. The number of aryl methyl sites for hydroxylation is 2. The average Bonchev–Trinajstić information content (AvgIpc) is 2.72. The van der Waals surface area contributed by atoms with Gasteiger partial charge in [-0.05, 0) is 67.8 Å². The van der Waals surface area contributed by atoms with Gasteiger partial charge < -0.3 is 15.2 Å². The molecular weight excluding hydrogens is 422 g/mol. The fraction of sp³-hybridized carbons (Fsp3) is 0.409. The molecule has 2 aromatic carbocycles. The SMILES string of the molecule is CCc1ccc(S(=O)(=O)CCCNCCSc2ccc(OCC(=O)O)c(C)c2)cc1. The van der Waals surface area contributed by atoms with Gasteiger partial charge in [-0.1, -0.05) is 19.1 Å². The number of nitrogens with one attached hydrogen (secondary N) is 1. The zero-order valence-electron chi connectivity index (χ0n) is 17.4. The van der Waals surface area contributed by atoms with Gasteiger partial charge in [-0.2, -0.15) is 0 Å². The van der Waals surface area contributed by atoms with Crippen LogP contribution < -0.4 is 10.1 Å². The Labute approximate surface area is 183 Å². The Bertz CT molecular complexity index is 927. The second-order valence-corrected chi connectivity index (χ2v) is 10.2. The Morgan fingerprint density at radius 3 is 2.50 bits per heavy atom. The number of benzene rings is 2. The van der Waals surface area contributed by atoms with Crippen molar-refractivity contribution in [2.45, 2.75) is 36.5 Å². The molecule has 164 valence electrons. The fourth-order valence-corrected chi connectivity index (χ4v) is 5.03. The van der Waals surface area contributed by atoms with Gasteiger partial charge in [0.1, 0.15) is 5.75 Å². The molecule has 2 N–H and O–H groups in total. The van der Waals surface area contributed by atoms with E-state index in [0.29, 0.717) is 23.6 Å². The second-order valence-electron chi connectivity index (χ2n) is 6.88. The largest absolute Gasteiger partial charge is 0.482 e. The molecule has 0 heterocycles. The number of thioether (sulfide) groups is 1. The van der Waals surface area contributed by atoms with Gasteiger partial charge >= 0.3 is 5.97 Å². The van der Waals surface area contributed by atoms with Crippen molar-refractivity contribution in [3.63, 3.8) is 0 Å². The number of hydrogen-bond acceptors (Lipinski definition) is 6. The molecule has 2 aromatic rings. The average molecular weight is 452 g/mol. The van der Waals surface area contributed by atoms with Gasteiger partial charge in [-0.15, -0.1) is 11.8 Å². The topological polar surface area (TPSA) is 92.7 Å². The zero-order valence-corrected chi connectivity index (χ0v) is 19.0. The third-order valence-corrected chi connectivity index (χ3v) is 7.31. The summed E-state index contributed by atoms with van der Waals surface area (Å²) in [5.74, 6) is 0.557. The monoisotopic (exact) mass is 451 g/mol. The van der Waals surface area contributed by atoms with Crippen LogP contribution in [0.4, 0.5) is 0 Å². The maximum Gasteiger partial charge on any atom is 0.341 e. The van der Waals surface area contributed by atoms with Crippen LogP contribution in [-0.4, -0.2) is 50.7 Å². The van der Waals surface area contributed by atoms with E-state index in [1.807, 2.05) is 38.1 Å². The van der Waals surface area contributed by atoms with Gasteiger partial charge in [0.05, 0.1) is 10.6 Å². The summed E-state index contributed by atoms with van der Waals surface area (Å²) in [6.45, 7) is 4.99. The zero-order chi connectivity index (χ0) is 22.0. The number of hydrogen-bond donors (Lipinski definition) is 2. The van der Waals surface area contributed by atoms with E-state index in [2.05, 4.69) is 5.32 Å². The Morgan fingerprint density at radius 1 is 1.13 bits per heavy atom. The highest BCUT2D eigenvalue weighted by atomic mass is 32.2. The summed E-state index contributed by atoms with van der Waals surface area (Å²) in [4.78, 5) is 12.1. The third kappa shape index (κ3) is 8.01. The first-order valence-corrected chi connectivity index (χ1v) is 12.6. The summed E-state index contributed by atoms with van der Waals surface area (Å²) in [5, 5.41) is 12.0. The van der Waals surface area contributed by atoms with Crippen LogP contribution in [-0.2, 0) is 21.1 Å². The van der Waals surface area contributed by atoms with E-state index >= 15 is 0 Å². The van der Waals surface area contributed by atoms with Gasteiger partial charge in [0.25, 0.3) is 0 Å². The summed E-state index contributed by atoms with van der Waals surface area (Å²) in [6.07, 6.45) is 1.46. The molecule has 0 fully saturated rings. The minimum Gasteiger partial charge on any atom is -0.482 e. The molecule has 0 atom stereocenters. The van der Waals surface area contributed by atoms with Crippen molar-refractivity contribution in [1.82, 2.24) is 5.32 Å². The first-order chi connectivity index (χ1) is 14.3. The van der Waals surface area contributed by atoms with Crippen LogP contribution >= 0.6 is 11.8 Å². The van der Waals surface area contributed by atoms with E-state index in [1.165, 1.54) is 0 Å². The lowest BCUT2D eigenvalue weighted by molar-refractivity contribution is -0.139. The highest BCUT2D eigenvalue weighted by molar-refractivity contribution is 7.99. The molecule has 30 heavy (non-hydrogen) atoms.